The van der Waals surface area contributed by atoms with E-state index in [2.05, 4.69) is 74.6 Å². The molecule has 0 aliphatic rings. The van der Waals surface area contributed by atoms with Crippen LogP contribution in [0.3, 0.4) is 0 Å². The Bertz CT molecular complexity index is 1160. The van der Waals surface area contributed by atoms with Crippen molar-refractivity contribution in [3.8, 4) is 0 Å². The molecule has 0 aliphatic carbocycles. The van der Waals surface area contributed by atoms with E-state index in [1.165, 1.54) is 64.2 Å². The van der Waals surface area contributed by atoms with Crippen molar-refractivity contribution in [2.24, 2.45) is 0 Å². The summed E-state index contributed by atoms with van der Waals surface area (Å²) in [5.74, 6) is -1.04. The van der Waals surface area contributed by atoms with Gasteiger partial charge in [-0.3, -0.25) is 18.6 Å². The number of allylic oxidation sites excluding steroid dienone is 10. The molecule has 0 bridgehead atoms. The van der Waals surface area contributed by atoms with Crippen LogP contribution < -0.4 is 0 Å². The summed E-state index contributed by atoms with van der Waals surface area (Å²) in [6.07, 6.45) is 49.0. The van der Waals surface area contributed by atoms with Crippen molar-refractivity contribution in [2.75, 3.05) is 26.4 Å². The van der Waals surface area contributed by atoms with Gasteiger partial charge in [-0.1, -0.05) is 164 Å². The van der Waals surface area contributed by atoms with Crippen molar-refractivity contribution in [3.05, 3.63) is 60.8 Å². The lowest BCUT2D eigenvalue weighted by Gasteiger charge is -2.20. The molecule has 0 heterocycles. The van der Waals surface area contributed by atoms with Crippen LogP contribution in [0.15, 0.2) is 60.8 Å². The Morgan fingerprint density at radius 2 is 0.797 bits per heavy atom. The lowest BCUT2D eigenvalue weighted by Crippen LogP contribution is -2.28. The predicted octanol–water partition coefficient (Wildman–Crippen LogP) is 12.7. The molecule has 3 N–H and O–H groups in total. The molecule has 0 saturated carbocycles. The number of rotatable bonds is 43. The average molecular weight is 853 g/mol. The Morgan fingerprint density at radius 3 is 1.17 bits per heavy atom. The molecule has 59 heavy (non-hydrogen) atoms. The molecule has 0 radical (unpaired) electrons. The van der Waals surface area contributed by atoms with Crippen LogP contribution >= 0.6 is 7.82 Å². The highest BCUT2D eigenvalue weighted by molar-refractivity contribution is 7.47. The van der Waals surface area contributed by atoms with Gasteiger partial charge in [0.1, 0.15) is 12.2 Å². The van der Waals surface area contributed by atoms with Crippen molar-refractivity contribution in [1.82, 2.24) is 0 Å². The van der Waals surface area contributed by atoms with Gasteiger partial charge in [0.05, 0.1) is 26.4 Å². The maximum absolute atomic E-state index is 12.4. The predicted molar refractivity (Wildman–Crippen MR) is 242 cm³/mol. The maximum atomic E-state index is 12.4. The van der Waals surface area contributed by atoms with E-state index in [4.69, 9.17) is 18.5 Å². The molecule has 0 fully saturated rings. The zero-order valence-corrected chi connectivity index (χ0v) is 38.1. The van der Waals surface area contributed by atoms with Crippen LogP contribution in [-0.2, 0) is 32.7 Å². The van der Waals surface area contributed by atoms with Crippen molar-refractivity contribution < 1.29 is 47.8 Å². The zero-order chi connectivity index (χ0) is 43.3. The van der Waals surface area contributed by atoms with Gasteiger partial charge in [-0.15, -0.1) is 0 Å². The van der Waals surface area contributed by atoms with Crippen LogP contribution in [0.5, 0.6) is 0 Å². The van der Waals surface area contributed by atoms with E-state index in [1.807, 2.05) is 0 Å². The van der Waals surface area contributed by atoms with Gasteiger partial charge >= 0.3 is 19.8 Å². The minimum Gasteiger partial charge on any atom is -0.457 e. The number of esters is 2. The Balaban J connectivity index is 3.92. The molecule has 0 amide bonds. The second-order valence-corrected chi connectivity index (χ2v) is 16.8. The standard InChI is InChI=1S/C48H85O10P/c1-3-5-7-9-11-13-15-17-19-21-22-24-26-28-30-32-34-36-38-40-48(52)58-46(42-50)44-56-59(53,54)55-43-45(41-49)57-47(51)39-37-35-33-31-29-27-25-23-20-18-16-14-12-10-8-6-4-2/h5,7,11,13,17-20,22,24,45-46,49-50H,3-4,6,8-10,12,14-16,21,23,25-44H2,1-2H3,(H,53,54)/b7-5-,13-11-,19-17-,20-18-,24-22-. The Hall–Kier alpha value is -2.33. The van der Waals surface area contributed by atoms with Crippen LogP contribution in [0.2, 0.25) is 0 Å². The van der Waals surface area contributed by atoms with E-state index in [-0.39, 0.29) is 12.8 Å². The first-order valence-corrected chi connectivity index (χ1v) is 24.7. The van der Waals surface area contributed by atoms with E-state index >= 15 is 0 Å². The lowest BCUT2D eigenvalue weighted by atomic mass is 10.1. The largest absolute Gasteiger partial charge is 0.472 e. The van der Waals surface area contributed by atoms with Crippen molar-refractivity contribution in [1.29, 1.82) is 0 Å². The van der Waals surface area contributed by atoms with Crippen LogP contribution in [0, 0.1) is 0 Å². The first-order chi connectivity index (χ1) is 28.8. The number of carbonyl (C=O) groups excluding carboxylic acids is 2. The van der Waals surface area contributed by atoms with Crippen LogP contribution in [-0.4, -0.2) is 65.7 Å². The normalized spacial score (nSPS) is 14.3. The zero-order valence-electron chi connectivity index (χ0n) is 37.2. The molecule has 10 nitrogen and oxygen atoms in total. The van der Waals surface area contributed by atoms with E-state index in [0.29, 0.717) is 12.8 Å². The maximum Gasteiger partial charge on any atom is 0.472 e. The van der Waals surface area contributed by atoms with Crippen LogP contribution in [0.4, 0.5) is 0 Å². The van der Waals surface area contributed by atoms with Gasteiger partial charge in [0.15, 0.2) is 0 Å². The molecule has 0 aromatic rings. The highest BCUT2D eigenvalue weighted by Crippen LogP contribution is 2.43. The van der Waals surface area contributed by atoms with E-state index < -0.39 is 58.4 Å². The fourth-order valence-corrected chi connectivity index (χ4v) is 6.94. The molecular weight excluding hydrogens is 767 g/mol. The number of carbonyl (C=O) groups is 2. The summed E-state index contributed by atoms with van der Waals surface area (Å²) in [7, 11) is -4.65. The Kier molecular flexibility index (Phi) is 42.0. The van der Waals surface area contributed by atoms with Gasteiger partial charge in [-0.2, -0.15) is 0 Å². The van der Waals surface area contributed by atoms with Gasteiger partial charge in [-0.25, -0.2) is 4.57 Å². The molecule has 0 rings (SSSR count). The minimum absolute atomic E-state index is 0.173. The molecule has 0 aromatic carbocycles. The van der Waals surface area contributed by atoms with Crippen LogP contribution in [0.25, 0.3) is 0 Å². The van der Waals surface area contributed by atoms with Gasteiger partial charge in [-0.05, 0) is 77.0 Å². The number of ether oxygens (including phenoxy) is 2. The number of hydrogen-bond donors (Lipinski definition) is 3. The molecule has 3 unspecified atom stereocenters. The van der Waals surface area contributed by atoms with Gasteiger partial charge in [0.2, 0.25) is 0 Å². The number of phosphoric acid groups is 1. The first-order valence-electron chi connectivity index (χ1n) is 23.2. The van der Waals surface area contributed by atoms with Gasteiger partial charge < -0.3 is 24.6 Å². The van der Waals surface area contributed by atoms with Crippen LogP contribution in [0.1, 0.15) is 194 Å². The molecule has 0 aliphatic heterocycles. The smallest absolute Gasteiger partial charge is 0.457 e. The molecule has 0 aromatic heterocycles. The number of aliphatic hydroxyl groups excluding tert-OH is 2. The van der Waals surface area contributed by atoms with E-state index in [9.17, 15) is 29.3 Å². The summed E-state index contributed by atoms with van der Waals surface area (Å²) in [5.41, 5.74) is 0. The highest BCUT2D eigenvalue weighted by atomic mass is 31.2. The Morgan fingerprint density at radius 1 is 0.475 bits per heavy atom. The SMILES string of the molecule is CC/C=C\C/C=C\C/C=C\C/C=C\CCCCCCCCC(=O)OC(CO)COP(=O)(O)OCC(CO)OC(=O)CCCCCCCCC/C=C\CCCCCCCC. The second kappa shape index (κ2) is 43.7. The third-order valence-corrected chi connectivity index (χ3v) is 10.7. The van der Waals surface area contributed by atoms with Gasteiger partial charge in [0, 0.05) is 12.8 Å². The van der Waals surface area contributed by atoms with Crippen molar-refractivity contribution in [3.63, 3.8) is 0 Å². The van der Waals surface area contributed by atoms with E-state index in [1.54, 1.807) is 0 Å². The second-order valence-electron chi connectivity index (χ2n) is 15.4. The summed E-state index contributed by atoms with van der Waals surface area (Å²) < 4.78 is 32.6. The molecule has 342 valence electrons. The fraction of sp³-hybridized carbons (Fsp3) is 0.750. The molecule has 0 saturated heterocycles. The summed E-state index contributed by atoms with van der Waals surface area (Å²) in [4.78, 5) is 34.6. The molecule has 11 heteroatoms. The van der Waals surface area contributed by atoms with E-state index in [0.717, 1.165) is 89.9 Å². The number of phosphoric ester groups is 1. The fourth-order valence-electron chi connectivity index (χ4n) is 6.16. The minimum atomic E-state index is -4.65. The highest BCUT2D eigenvalue weighted by Gasteiger charge is 2.27. The first kappa shape index (κ1) is 56.7. The quantitative estimate of drug-likeness (QED) is 0.0234. The number of hydrogen-bond acceptors (Lipinski definition) is 9. The summed E-state index contributed by atoms with van der Waals surface area (Å²) in [6.45, 7) is 2.08. The lowest BCUT2D eigenvalue weighted by molar-refractivity contribution is -0.153. The summed E-state index contributed by atoms with van der Waals surface area (Å²) >= 11 is 0. The number of aliphatic hydroxyl groups is 2. The summed E-state index contributed by atoms with van der Waals surface area (Å²) in [6, 6.07) is 0. The van der Waals surface area contributed by atoms with Crippen molar-refractivity contribution >= 4 is 19.8 Å². The molecular formula is C48H85O10P. The van der Waals surface area contributed by atoms with Gasteiger partial charge in [0.25, 0.3) is 0 Å². The molecule has 3 atom stereocenters. The third kappa shape index (κ3) is 42.2. The molecule has 0 spiro atoms. The topological polar surface area (TPSA) is 149 Å². The summed E-state index contributed by atoms with van der Waals surface area (Å²) in [5, 5.41) is 19.2. The monoisotopic (exact) mass is 853 g/mol. The third-order valence-electron chi connectivity index (χ3n) is 9.71. The number of unbranched alkanes of at least 4 members (excludes halogenated alkanes) is 19. The average Bonchev–Trinajstić information content (AvgIpc) is 3.22. The van der Waals surface area contributed by atoms with Crippen molar-refractivity contribution in [2.45, 2.75) is 206 Å². The Labute approximate surface area is 359 Å².